The molecule has 0 radical (unpaired) electrons. The van der Waals surface area contributed by atoms with Crippen molar-refractivity contribution in [3.63, 3.8) is 0 Å². The lowest BCUT2D eigenvalue weighted by molar-refractivity contribution is -0.384. The molecular formula is C19H20FN3O4. The molecule has 0 aliphatic rings. The number of amides is 2. The lowest BCUT2D eigenvalue weighted by atomic mass is 10.1. The monoisotopic (exact) mass is 373 g/mol. The number of hydrogen-bond donors (Lipinski definition) is 1. The highest BCUT2D eigenvalue weighted by molar-refractivity contribution is 5.97. The summed E-state index contributed by atoms with van der Waals surface area (Å²) in [7, 11) is 0. The van der Waals surface area contributed by atoms with Crippen LogP contribution in [0.5, 0.6) is 0 Å². The second-order valence-electron chi connectivity index (χ2n) is 5.98. The Balaban J connectivity index is 2.05. The highest BCUT2D eigenvalue weighted by Crippen LogP contribution is 2.13. The van der Waals surface area contributed by atoms with Crippen molar-refractivity contribution in [2.24, 2.45) is 0 Å². The number of benzene rings is 2. The minimum Gasteiger partial charge on any atom is -0.341 e. The van der Waals surface area contributed by atoms with E-state index in [4.69, 9.17) is 0 Å². The molecule has 0 spiro atoms. The Morgan fingerprint density at radius 1 is 1.22 bits per heavy atom. The van der Waals surface area contributed by atoms with Gasteiger partial charge >= 0.3 is 0 Å². The van der Waals surface area contributed by atoms with Crippen LogP contribution < -0.4 is 5.32 Å². The normalized spacial score (nSPS) is 11.5. The minimum atomic E-state index is -0.842. The van der Waals surface area contributed by atoms with Gasteiger partial charge in [-0.05, 0) is 37.6 Å². The van der Waals surface area contributed by atoms with E-state index in [-0.39, 0.29) is 29.5 Å². The number of carbonyl (C=O) groups is 2. The quantitative estimate of drug-likeness (QED) is 0.597. The molecule has 1 atom stereocenters. The average molecular weight is 373 g/mol. The van der Waals surface area contributed by atoms with Crippen LogP contribution >= 0.6 is 0 Å². The number of nitrogens with one attached hydrogen (secondary N) is 1. The third-order valence-corrected chi connectivity index (χ3v) is 3.99. The number of rotatable bonds is 7. The van der Waals surface area contributed by atoms with Gasteiger partial charge in [-0.25, -0.2) is 4.39 Å². The smallest absolute Gasteiger partial charge is 0.270 e. The van der Waals surface area contributed by atoms with Crippen molar-refractivity contribution in [2.75, 3.05) is 6.54 Å². The fourth-order valence-electron chi connectivity index (χ4n) is 2.58. The number of halogens is 1. The van der Waals surface area contributed by atoms with Gasteiger partial charge in [0.1, 0.15) is 11.9 Å². The van der Waals surface area contributed by atoms with Crippen molar-refractivity contribution in [2.45, 2.75) is 26.4 Å². The van der Waals surface area contributed by atoms with Crippen LogP contribution in [0.1, 0.15) is 29.8 Å². The standard InChI is InChI=1S/C19H20FN3O4/c1-3-22(12-14-6-4-8-16(20)10-14)19(25)13(2)21-18(24)15-7-5-9-17(11-15)23(26)27/h4-11,13H,3,12H2,1-2H3,(H,21,24)/t13-/m0/s1. The van der Waals surface area contributed by atoms with Gasteiger partial charge in [0.15, 0.2) is 0 Å². The van der Waals surface area contributed by atoms with Crippen molar-refractivity contribution < 1.29 is 18.9 Å². The predicted molar refractivity (Wildman–Crippen MR) is 97.5 cm³/mol. The van der Waals surface area contributed by atoms with E-state index < -0.39 is 16.9 Å². The van der Waals surface area contributed by atoms with Gasteiger partial charge < -0.3 is 10.2 Å². The van der Waals surface area contributed by atoms with Gasteiger partial charge in [0, 0.05) is 30.8 Å². The molecular weight excluding hydrogens is 353 g/mol. The van der Waals surface area contributed by atoms with E-state index in [2.05, 4.69) is 5.32 Å². The first-order valence-corrected chi connectivity index (χ1v) is 8.40. The second kappa shape index (κ2) is 8.88. The molecule has 1 N–H and O–H groups in total. The fourth-order valence-corrected chi connectivity index (χ4v) is 2.58. The summed E-state index contributed by atoms with van der Waals surface area (Å²) in [5, 5.41) is 13.4. The summed E-state index contributed by atoms with van der Waals surface area (Å²) in [6, 6.07) is 10.4. The van der Waals surface area contributed by atoms with Crippen LogP contribution in [0, 0.1) is 15.9 Å². The fraction of sp³-hybridized carbons (Fsp3) is 0.263. The topological polar surface area (TPSA) is 92.6 Å². The number of nitro benzene ring substituents is 1. The molecule has 0 saturated carbocycles. The van der Waals surface area contributed by atoms with Gasteiger partial charge in [-0.3, -0.25) is 19.7 Å². The molecule has 142 valence electrons. The zero-order valence-electron chi connectivity index (χ0n) is 15.0. The average Bonchev–Trinajstić information content (AvgIpc) is 2.65. The Kier molecular flexibility index (Phi) is 6.59. The van der Waals surface area contributed by atoms with Crippen molar-refractivity contribution in [1.82, 2.24) is 10.2 Å². The van der Waals surface area contributed by atoms with Gasteiger partial charge in [-0.2, -0.15) is 0 Å². The molecule has 2 rings (SSSR count). The van der Waals surface area contributed by atoms with Crippen molar-refractivity contribution in [3.05, 3.63) is 75.6 Å². The summed E-state index contributed by atoms with van der Waals surface area (Å²) < 4.78 is 13.3. The van der Waals surface area contributed by atoms with E-state index in [9.17, 15) is 24.1 Å². The molecule has 2 aromatic carbocycles. The third-order valence-electron chi connectivity index (χ3n) is 3.99. The SMILES string of the molecule is CCN(Cc1cccc(F)c1)C(=O)[C@H](C)NC(=O)c1cccc([N+](=O)[O-])c1. The Morgan fingerprint density at radius 2 is 1.93 bits per heavy atom. The molecule has 8 heteroatoms. The molecule has 0 unspecified atom stereocenters. The third kappa shape index (κ3) is 5.34. The Bertz CT molecular complexity index is 856. The first-order valence-electron chi connectivity index (χ1n) is 8.40. The number of hydrogen-bond acceptors (Lipinski definition) is 4. The van der Waals surface area contributed by atoms with Gasteiger partial charge in [0.25, 0.3) is 11.6 Å². The molecule has 0 heterocycles. The zero-order chi connectivity index (χ0) is 20.0. The highest BCUT2D eigenvalue weighted by atomic mass is 19.1. The molecule has 0 aliphatic heterocycles. The molecule has 0 aliphatic carbocycles. The van der Waals surface area contributed by atoms with Gasteiger partial charge in [-0.1, -0.05) is 18.2 Å². The minimum absolute atomic E-state index is 0.0945. The summed E-state index contributed by atoms with van der Waals surface area (Å²) in [5.41, 5.74) is 0.530. The lowest BCUT2D eigenvalue weighted by Crippen LogP contribution is -2.46. The van der Waals surface area contributed by atoms with Crippen molar-refractivity contribution in [1.29, 1.82) is 0 Å². The highest BCUT2D eigenvalue weighted by Gasteiger charge is 2.22. The van der Waals surface area contributed by atoms with Crippen molar-refractivity contribution in [3.8, 4) is 0 Å². The second-order valence-corrected chi connectivity index (χ2v) is 5.98. The van der Waals surface area contributed by atoms with E-state index in [1.54, 1.807) is 19.1 Å². The summed E-state index contributed by atoms with van der Waals surface area (Å²) in [5.74, 6) is -1.30. The molecule has 0 fully saturated rings. The first kappa shape index (κ1) is 20.0. The number of likely N-dealkylation sites (N-methyl/N-ethyl adjacent to an activating group) is 1. The Labute approximate surface area is 155 Å². The van der Waals surface area contributed by atoms with E-state index >= 15 is 0 Å². The van der Waals surface area contributed by atoms with Crippen LogP contribution in [0.15, 0.2) is 48.5 Å². The summed E-state index contributed by atoms with van der Waals surface area (Å²) >= 11 is 0. The van der Waals surface area contributed by atoms with E-state index in [0.29, 0.717) is 12.1 Å². The molecule has 0 bridgehead atoms. The van der Waals surface area contributed by atoms with E-state index in [0.717, 1.165) is 6.07 Å². The zero-order valence-corrected chi connectivity index (χ0v) is 15.0. The van der Waals surface area contributed by atoms with Gasteiger partial charge in [0.05, 0.1) is 4.92 Å². The van der Waals surface area contributed by atoms with Crippen LogP contribution in [0.2, 0.25) is 0 Å². The van der Waals surface area contributed by atoms with Gasteiger partial charge in [0.2, 0.25) is 5.91 Å². The van der Waals surface area contributed by atoms with Crippen LogP contribution in [-0.4, -0.2) is 34.2 Å². The summed E-state index contributed by atoms with van der Waals surface area (Å²) in [6.45, 7) is 3.91. The van der Waals surface area contributed by atoms with Crippen LogP contribution in [0.3, 0.4) is 0 Å². The van der Waals surface area contributed by atoms with E-state index in [1.807, 2.05) is 0 Å². The summed E-state index contributed by atoms with van der Waals surface area (Å²) in [4.78, 5) is 36.6. The van der Waals surface area contributed by atoms with Crippen molar-refractivity contribution >= 4 is 17.5 Å². The largest absolute Gasteiger partial charge is 0.341 e. The maximum absolute atomic E-state index is 13.3. The molecule has 0 saturated heterocycles. The molecule has 2 amide bonds. The Hall–Kier alpha value is -3.29. The molecule has 27 heavy (non-hydrogen) atoms. The molecule has 2 aromatic rings. The molecule has 7 nitrogen and oxygen atoms in total. The predicted octanol–water partition coefficient (Wildman–Crippen LogP) is 2.90. The summed E-state index contributed by atoms with van der Waals surface area (Å²) in [6.07, 6.45) is 0. The number of carbonyl (C=O) groups excluding carboxylic acids is 2. The number of nitrogens with zero attached hydrogens (tertiary/aromatic N) is 2. The van der Waals surface area contributed by atoms with Crippen LogP contribution in [-0.2, 0) is 11.3 Å². The Morgan fingerprint density at radius 3 is 2.56 bits per heavy atom. The maximum Gasteiger partial charge on any atom is 0.270 e. The number of non-ortho nitro benzene ring substituents is 1. The molecule has 0 aromatic heterocycles. The van der Waals surface area contributed by atoms with Crippen LogP contribution in [0.25, 0.3) is 0 Å². The van der Waals surface area contributed by atoms with Crippen LogP contribution in [0.4, 0.5) is 10.1 Å². The maximum atomic E-state index is 13.3. The number of nitro groups is 1. The first-order chi connectivity index (χ1) is 12.8. The van der Waals surface area contributed by atoms with Gasteiger partial charge in [-0.15, -0.1) is 0 Å². The lowest BCUT2D eigenvalue weighted by Gasteiger charge is -2.25. The van der Waals surface area contributed by atoms with E-state index in [1.165, 1.54) is 42.2 Å².